The number of likely N-dealkylation sites (N-methyl/N-ethyl adjacent to an activating group) is 1. The van der Waals surface area contributed by atoms with Gasteiger partial charge >= 0.3 is 0 Å². The SMILES string of the molecule is CNC(CC1Cc2ccccc21)C(C)(C)N1CCCC1. The molecule has 1 aliphatic heterocycles. The van der Waals surface area contributed by atoms with Crippen LogP contribution >= 0.6 is 0 Å². The zero-order valence-electron chi connectivity index (χ0n) is 13.2. The van der Waals surface area contributed by atoms with E-state index in [2.05, 4.69) is 55.4 Å². The van der Waals surface area contributed by atoms with Gasteiger partial charge in [-0.1, -0.05) is 24.3 Å². The lowest BCUT2D eigenvalue weighted by atomic mass is 9.72. The largest absolute Gasteiger partial charge is 0.315 e. The first-order valence-corrected chi connectivity index (χ1v) is 8.13. The van der Waals surface area contributed by atoms with Crippen LogP contribution in [0, 0.1) is 0 Å². The number of nitrogens with zero attached hydrogens (tertiary/aromatic N) is 1. The fourth-order valence-electron chi connectivity index (χ4n) is 4.13. The minimum Gasteiger partial charge on any atom is -0.315 e. The maximum atomic E-state index is 3.61. The van der Waals surface area contributed by atoms with Crippen LogP contribution in [0.3, 0.4) is 0 Å². The van der Waals surface area contributed by atoms with Crippen molar-refractivity contribution < 1.29 is 0 Å². The molecule has 0 bridgehead atoms. The minimum atomic E-state index is 0.260. The molecule has 1 aromatic carbocycles. The summed E-state index contributed by atoms with van der Waals surface area (Å²) in [5.74, 6) is 0.755. The molecule has 1 heterocycles. The van der Waals surface area contributed by atoms with Crippen LogP contribution in [0.1, 0.15) is 50.2 Å². The normalized spacial score (nSPS) is 24.2. The zero-order chi connectivity index (χ0) is 14.2. The van der Waals surface area contributed by atoms with Gasteiger partial charge in [0.05, 0.1) is 0 Å². The Hall–Kier alpha value is -0.860. The molecule has 2 unspecified atom stereocenters. The Morgan fingerprint density at radius 2 is 1.95 bits per heavy atom. The van der Waals surface area contributed by atoms with E-state index in [1.54, 1.807) is 11.1 Å². The molecule has 2 atom stereocenters. The zero-order valence-corrected chi connectivity index (χ0v) is 13.2. The van der Waals surface area contributed by atoms with Crippen LogP contribution in [0.5, 0.6) is 0 Å². The third kappa shape index (κ3) is 2.40. The fourth-order valence-corrected chi connectivity index (χ4v) is 4.13. The number of hydrogen-bond donors (Lipinski definition) is 1. The molecule has 1 aliphatic carbocycles. The van der Waals surface area contributed by atoms with Crippen molar-refractivity contribution in [1.29, 1.82) is 0 Å². The van der Waals surface area contributed by atoms with Gasteiger partial charge in [0.1, 0.15) is 0 Å². The molecule has 1 saturated heterocycles. The van der Waals surface area contributed by atoms with E-state index < -0.39 is 0 Å². The Labute approximate surface area is 123 Å². The first-order valence-electron chi connectivity index (χ1n) is 8.13. The predicted molar refractivity (Wildman–Crippen MR) is 85.2 cm³/mol. The number of nitrogens with one attached hydrogen (secondary N) is 1. The van der Waals surface area contributed by atoms with Crippen molar-refractivity contribution in [3.63, 3.8) is 0 Å². The standard InChI is InChI=1S/C18H28N2/c1-18(2,20-10-6-7-11-20)17(19-3)13-15-12-14-8-4-5-9-16(14)15/h4-5,8-9,15,17,19H,6-7,10-13H2,1-3H3. The van der Waals surface area contributed by atoms with Crippen molar-refractivity contribution in [2.24, 2.45) is 0 Å². The number of likely N-dealkylation sites (tertiary alicyclic amines) is 1. The van der Waals surface area contributed by atoms with Gasteiger partial charge in [0.15, 0.2) is 0 Å². The summed E-state index contributed by atoms with van der Waals surface area (Å²) < 4.78 is 0. The first kappa shape index (κ1) is 14.1. The Kier molecular flexibility index (Phi) is 3.87. The van der Waals surface area contributed by atoms with E-state index in [0.29, 0.717) is 6.04 Å². The van der Waals surface area contributed by atoms with Crippen molar-refractivity contribution in [2.45, 2.75) is 57.0 Å². The quantitative estimate of drug-likeness (QED) is 0.885. The van der Waals surface area contributed by atoms with Crippen molar-refractivity contribution in [3.8, 4) is 0 Å². The van der Waals surface area contributed by atoms with Crippen LogP contribution in [0.15, 0.2) is 24.3 Å². The first-order chi connectivity index (χ1) is 9.63. The van der Waals surface area contributed by atoms with Gasteiger partial charge in [0.25, 0.3) is 0 Å². The van der Waals surface area contributed by atoms with Crippen molar-refractivity contribution in [2.75, 3.05) is 20.1 Å². The van der Waals surface area contributed by atoms with Gasteiger partial charge in [-0.3, -0.25) is 4.90 Å². The molecular weight excluding hydrogens is 244 g/mol. The molecule has 0 spiro atoms. The van der Waals surface area contributed by atoms with Gasteiger partial charge in [0.2, 0.25) is 0 Å². The average Bonchev–Trinajstić information content (AvgIpc) is 2.94. The van der Waals surface area contributed by atoms with E-state index in [1.807, 2.05) is 0 Å². The monoisotopic (exact) mass is 272 g/mol. The van der Waals surface area contributed by atoms with Gasteiger partial charge in [-0.05, 0) is 76.7 Å². The predicted octanol–water partition coefficient (Wildman–Crippen LogP) is 3.18. The summed E-state index contributed by atoms with van der Waals surface area (Å²) in [6.07, 6.45) is 5.26. The molecule has 2 nitrogen and oxygen atoms in total. The number of hydrogen-bond acceptors (Lipinski definition) is 2. The van der Waals surface area contributed by atoms with E-state index in [0.717, 1.165) is 5.92 Å². The van der Waals surface area contributed by atoms with Crippen molar-refractivity contribution >= 4 is 0 Å². The molecule has 3 rings (SSSR count). The van der Waals surface area contributed by atoms with Crippen LogP contribution in [0.2, 0.25) is 0 Å². The summed E-state index contributed by atoms with van der Waals surface area (Å²) in [6.45, 7) is 7.38. The minimum absolute atomic E-state index is 0.260. The maximum absolute atomic E-state index is 3.61. The molecule has 0 radical (unpaired) electrons. The third-order valence-corrected chi connectivity index (χ3v) is 5.60. The summed E-state index contributed by atoms with van der Waals surface area (Å²) in [5.41, 5.74) is 3.41. The summed E-state index contributed by atoms with van der Waals surface area (Å²) in [6, 6.07) is 9.52. The Morgan fingerprint density at radius 3 is 2.60 bits per heavy atom. The highest BCUT2D eigenvalue weighted by atomic mass is 15.2. The molecule has 2 heteroatoms. The van der Waals surface area contributed by atoms with E-state index in [4.69, 9.17) is 0 Å². The van der Waals surface area contributed by atoms with Crippen LogP contribution < -0.4 is 5.32 Å². The topological polar surface area (TPSA) is 15.3 Å². The lowest BCUT2D eigenvalue weighted by Gasteiger charge is -2.45. The van der Waals surface area contributed by atoms with Gasteiger partial charge in [-0.2, -0.15) is 0 Å². The maximum Gasteiger partial charge on any atom is 0.0306 e. The van der Waals surface area contributed by atoms with Gasteiger partial charge in [-0.15, -0.1) is 0 Å². The molecule has 110 valence electrons. The van der Waals surface area contributed by atoms with Gasteiger partial charge < -0.3 is 5.32 Å². The average molecular weight is 272 g/mol. The Bertz CT molecular complexity index is 460. The highest BCUT2D eigenvalue weighted by Gasteiger charge is 2.39. The highest BCUT2D eigenvalue weighted by molar-refractivity contribution is 5.40. The van der Waals surface area contributed by atoms with Crippen LogP contribution in [0.4, 0.5) is 0 Å². The molecule has 0 saturated carbocycles. The van der Waals surface area contributed by atoms with Gasteiger partial charge in [0, 0.05) is 11.6 Å². The van der Waals surface area contributed by atoms with E-state index in [1.165, 1.54) is 38.8 Å². The molecule has 2 aliphatic rings. The lowest BCUT2D eigenvalue weighted by molar-refractivity contribution is 0.101. The van der Waals surface area contributed by atoms with Gasteiger partial charge in [-0.25, -0.2) is 0 Å². The molecule has 20 heavy (non-hydrogen) atoms. The van der Waals surface area contributed by atoms with E-state index >= 15 is 0 Å². The van der Waals surface area contributed by atoms with E-state index in [-0.39, 0.29) is 5.54 Å². The Morgan fingerprint density at radius 1 is 1.25 bits per heavy atom. The smallest absolute Gasteiger partial charge is 0.0306 e. The van der Waals surface area contributed by atoms with E-state index in [9.17, 15) is 0 Å². The summed E-state index contributed by atoms with van der Waals surface area (Å²) in [4.78, 5) is 2.68. The highest BCUT2D eigenvalue weighted by Crippen LogP contribution is 2.40. The second kappa shape index (κ2) is 5.50. The van der Waals surface area contributed by atoms with Crippen molar-refractivity contribution in [1.82, 2.24) is 10.2 Å². The van der Waals surface area contributed by atoms with Crippen LogP contribution in [0.25, 0.3) is 0 Å². The molecular formula is C18H28N2. The second-order valence-electron chi connectivity index (χ2n) is 7.02. The molecule has 0 aromatic heterocycles. The van der Waals surface area contributed by atoms with Crippen LogP contribution in [-0.2, 0) is 6.42 Å². The Balaban J connectivity index is 1.69. The summed E-state index contributed by atoms with van der Waals surface area (Å²) in [5, 5.41) is 3.61. The molecule has 0 amide bonds. The number of fused-ring (bicyclic) bond motifs is 1. The van der Waals surface area contributed by atoms with Crippen molar-refractivity contribution in [3.05, 3.63) is 35.4 Å². The summed E-state index contributed by atoms with van der Waals surface area (Å²) >= 11 is 0. The fraction of sp³-hybridized carbons (Fsp3) is 0.667. The molecule has 1 N–H and O–H groups in total. The second-order valence-corrected chi connectivity index (χ2v) is 7.02. The van der Waals surface area contributed by atoms with Crippen LogP contribution in [-0.4, -0.2) is 36.6 Å². The lowest BCUT2D eigenvalue weighted by Crippen LogP contribution is -2.56. The number of benzene rings is 1. The summed E-state index contributed by atoms with van der Waals surface area (Å²) in [7, 11) is 2.13. The third-order valence-electron chi connectivity index (χ3n) is 5.60. The molecule has 1 aromatic rings. The molecule has 1 fully saturated rings. The number of rotatable bonds is 5.